The van der Waals surface area contributed by atoms with E-state index in [1.807, 2.05) is 61.5 Å². The van der Waals surface area contributed by atoms with Crippen LogP contribution in [0.4, 0.5) is 17.3 Å². The highest BCUT2D eigenvalue weighted by molar-refractivity contribution is 5.59. The molecule has 3 aromatic rings. The Balaban J connectivity index is 1.62. The summed E-state index contributed by atoms with van der Waals surface area (Å²) in [4.78, 5) is 8.91. The van der Waals surface area contributed by atoms with Crippen molar-refractivity contribution >= 4 is 17.3 Å². The fourth-order valence-corrected chi connectivity index (χ4v) is 2.76. The highest BCUT2D eigenvalue weighted by Gasteiger charge is 2.06. The van der Waals surface area contributed by atoms with Crippen LogP contribution in [0, 0.1) is 6.92 Å². The van der Waals surface area contributed by atoms with Gasteiger partial charge in [0.1, 0.15) is 17.5 Å². The molecule has 3 rings (SSSR count). The van der Waals surface area contributed by atoms with Gasteiger partial charge in [-0.2, -0.15) is 0 Å². The van der Waals surface area contributed by atoms with E-state index in [1.54, 1.807) is 14.2 Å². The van der Waals surface area contributed by atoms with Crippen molar-refractivity contribution in [2.24, 2.45) is 0 Å². The molecule has 1 aromatic heterocycles. The minimum absolute atomic E-state index is 0.713. The van der Waals surface area contributed by atoms with Gasteiger partial charge in [0.05, 0.1) is 14.2 Å². The summed E-state index contributed by atoms with van der Waals surface area (Å²) >= 11 is 0. The van der Waals surface area contributed by atoms with Gasteiger partial charge in [-0.3, -0.25) is 0 Å². The SMILES string of the molecule is COc1ccc(CCNc2cc(Nc3ccccc3)nc(C)n2)cc1OC. The molecule has 2 aromatic carbocycles. The normalized spacial score (nSPS) is 10.3. The van der Waals surface area contributed by atoms with E-state index < -0.39 is 0 Å². The molecule has 0 fully saturated rings. The van der Waals surface area contributed by atoms with Crippen LogP contribution in [0.1, 0.15) is 11.4 Å². The minimum Gasteiger partial charge on any atom is -0.493 e. The molecule has 0 bridgehead atoms. The van der Waals surface area contributed by atoms with Crippen LogP contribution in [0.3, 0.4) is 0 Å². The number of benzene rings is 2. The zero-order valence-corrected chi connectivity index (χ0v) is 15.8. The lowest BCUT2D eigenvalue weighted by Gasteiger charge is -2.12. The van der Waals surface area contributed by atoms with Crippen LogP contribution in [-0.4, -0.2) is 30.7 Å². The van der Waals surface area contributed by atoms with Crippen LogP contribution < -0.4 is 20.1 Å². The van der Waals surface area contributed by atoms with E-state index >= 15 is 0 Å². The largest absolute Gasteiger partial charge is 0.493 e. The van der Waals surface area contributed by atoms with E-state index in [2.05, 4.69) is 20.6 Å². The topological polar surface area (TPSA) is 68.3 Å². The zero-order valence-electron chi connectivity index (χ0n) is 15.8. The average Bonchev–Trinajstić information content (AvgIpc) is 2.68. The van der Waals surface area contributed by atoms with Crippen LogP contribution in [0.5, 0.6) is 11.5 Å². The summed E-state index contributed by atoms with van der Waals surface area (Å²) in [5, 5.41) is 6.66. The summed E-state index contributed by atoms with van der Waals surface area (Å²) in [6, 6.07) is 17.8. The maximum Gasteiger partial charge on any atom is 0.160 e. The Labute approximate surface area is 159 Å². The molecule has 1 heterocycles. The summed E-state index contributed by atoms with van der Waals surface area (Å²) in [6.45, 7) is 2.63. The first-order valence-electron chi connectivity index (χ1n) is 8.80. The molecular weight excluding hydrogens is 340 g/mol. The standard InChI is InChI=1S/C21H24N4O2/c1-15-23-20(14-21(24-15)25-17-7-5-4-6-8-17)22-12-11-16-9-10-18(26-2)19(13-16)27-3/h4-10,13-14H,11-12H2,1-3H3,(H2,22,23,24,25). The molecule has 0 unspecified atom stereocenters. The highest BCUT2D eigenvalue weighted by Crippen LogP contribution is 2.27. The molecule has 0 amide bonds. The number of aromatic nitrogens is 2. The van der Waals surface area contributed by atoms with Crippen LogP contribution in [0.2, 0.25) is 0 Å². The van der Waals surface area contributed by atoms with Gasteiger partial charge in [-0.25, -0.2) is 9.97 Å². The Morgan fingerprint density at radius 2 is 1.59 bits per heavy atom. The van der Waals surface area contributed by atoms with E-state index in [1.165, 1.54) is 0 Å². The molecule has 0 aliphatic rings. The van der Waals surface area contributed by atoms with Crippen molar-refractivity contribution in [1.82, 2.24) is 9.97 Å². The summed E-state index contributed by atoms with van der Waals surface area (Å²) in [5.41, 5.74) is 2.15. The smallest absolute Gasteiger partial charge is 0.160 e. The number of hydrogen-bond donors (Lipinski definition) is 2. The van der Waals surface area contributed by atoms with Crippen molar-refractivity contribution < 1.29 is 9.47 Å². The zero-order chi connectivity index (χ0) is 19.1. The summed E-state index contributed by atoms with van der Waals surface area (Å²) in [6.07, 6.45) is 0.838. The van der Waals surface area contributed by atoms with Gasteiger partial charge < -0.3 is 20.1 Å². The van der Waals surface area contributed by atoms with Gasteiger partial charge in [-0.15, -0.1) is 0 Å². The monoisotopic (exact) mass is 364 g/mol. The molecule has 6 nitrogen and oxygen atoms in total. The number of methoxy groups -OCH3 is 2. The second-order valence-corrected chi connectivity index (χ2v) is 6.04. The average molecular weight is 364 g/mol. The molecule has 0 saturated heterocycles. The van der Waals surface area contributed by atoms with E-state index in [9.17, 15) is 0 Å². The molecule has 0 aliphatic heterocycles. The van der Waals surface area contributed by atoms with E-state index in [0.29, 0.717) is 5.82 Å². The Kier molecular flexibility index (Phi) is 6.10. The lowest BCUT2D eigenvalue weighted by molar-refractivity contribution is 0.354. The Bertz CT molecular complexity index is 885. The van der Waals surface area contributed by atoms with Crippen LogP contribution in [0.25, 0.3) is 0 Å². The fraction of sp³-hybridized carbons (Fsp3) is 0.238. The van der Waals surface area contributed by atoms with Crippen LogP contribution >= 0.6 is 0 Å². The van der Waals surface area contributed by atoms with Gasteiger partial charge in [-0.05, 0) is 43.2 Å². The first-order valence-corrected chi connectivity index (χ1v) is 8.80. The first-order chi connectivity index (χ1) is 13.2. The third kappa shape index (κ3) is 5.10. The molecule has 140 valence electrons. The van der Waals surface area contributed by atoms with Crippen molar-refractivity contribution in [2.75, 3.05) is 31.4 Å². The number of nitrogens with one attached hydrogen (secondary N) is 2. The molecule has 6 heteroatoms. The minimum atomic E-state index is 0.713. The maximum absolute atomic E-state index is 5.36. The van der Waals surface area contributed by atoms with Crippen LogP contribution in [-0.2, 0) is 6.42 Å². The number of rotatable bonds is 8. The third-order valence-corrected chi connectivity index (χ3v) is 4.05. The molecule has 0 atom stereocenters. The Morgan fingerprint density at radius 1 is 0.852 bits per heavy atom. The quantitative estimate of drug-likeness (QED) is 0.624. The summed E-state index contributed by atoms with van der Waals surface area (Å²) in [5.74, 6) is 3.74. The van der Waals surface area contributed by atoms with Crippen molar-refractivity contribution in [3.8, 4) is 11.5 Å². The van der Waals surface area contributed by atoms with Crippen molar-refractivity contribution in [1.29, 1.82) is 0 Å². The van der Waals surface area contributed by atoms with Crippen molar-refractivity contribution in [3.63, 3.8) is 0 Å². The fourth-order valence-electron chi connectivity index (χ4n) is 2.76. The van der Waals surface area contributed by atoms with Gasteiger partial charge in [0, 0.05) is 18.3 Å². The lowest BCUT2D eigenvalue weighted by atomic mass is 10.1. The van der Waals surface area contributed by atoms with Gasteiger partial charge in [0.25, 0.3) is 0 Å². The van der Waals surface area contributed by atoms with Gasteiger partial charge >= 0.3 is 0 Å². The Morgan fingerprint density at radius 3 is 2.33 bits per heavy atom. The predicted octanol–water partition coefficient (Wildman–Crippen LogP) is 4.20. The molecule has 0 radical (unpaired) electrons. The van der Waals surface area contributed by atoms with Crippen molar-refractivity contribution in [2.45, 2.75) is 13.3 Å². The van der Waals surface area contributed by atoms with E-state index in [4.69, 9.17) is 9.47 Å². The Hall–Kier alpha value is -3.28. The second-order valence-electron chi connectivity index (χ2n) is 6.04. The number of para-hydroxylation sites is 1. The molecule has 2 N–H and O–H groups in total. The highest BCUT2D eigenvalue weighted by atomic mass is 16.5. The lowest BCUT2D eigenvalue weighted by Crippen LogP contribution is -2.08. The maximum atomic E-state index is 5.36. The summed E-state index contributed by atoms with van der Waals surface area (Å²) < 4.78 is 10.6. The predicted molar refractivity (Wildman–Crippen MR) is 108 cm³/mol. The van der Waals surface area contributed by atoms with Crippen LogP contribution in [0.15, 0.2) is 54.6 Å². The number of ether oxygens (including phenoxy) is 2. The molecule has 0 saturated carbocycles. The molecule has 0 aliphatic carbocycles. The molecular formula is C21H24N4O2. The number of aryl methyl sites for hydroxylation is 1. The number of hydrogen-bond acceptors (Lipinski definition) is 6. The second kappa shape index (κ2) is 8.89. The molecule has 27 heavy (non-hydrogen) atoms. The molecule has 0 spiro atoms. The first kappa shape index (κ1) is 18.5. The van der Waals surface area contributed by atoms with Crippen molar-refractivity contribution in [3.05, 3.63) is 66.0 Å². The van der Waals surface area contributed by atoms with Gasteiger partial charge in [-0.1, -0.05) is 24.3 Å². The third-order valence-electron chi connectivity index (χ3n) is 4.05. The van der Waals surface area contributed by atoms with E-state index in [0.717, 1.165) is 47.4 Å². The van der Waals surface area contributed by atoms with Gasteiger partial charge in [0.15, 0.2) is 11.5 Å². The number of anilines is 3. The van der Waals surface area contributed by atoms with Gasteiger partial charge in [0.2, 0.25) is 0 Å². The number of nitrogens with zero attached hydrogens (tertiary/aromatic N) is 2. The van der Waals surface area contributed by atoms with E-state index in [-0.39, 0.29) is 0 Å². The summed E-state index contributed by atoms with van der Waals surface area (Å²) in [7, 11) is 3.28.